The molecule has 138 valence electrons. The maximum Gasteiger partial charge on any atom is 0.326 e. The molecule has 0 unspecified atom stereocenters. The van der Waals surface area contributed by atoms with Crippen LogP contribution in [0.2, 0.25) is 5.02 Å². The first-order valence-corrected chi connectivity index (χ1v) is 8.89. The maximum atomic E-state index is 12.7. The van der Waals surface area contributed by atoms with Gasteiger partial charge in [-0.2, -0.15) is 10.2 Å². The molecule has 3 N–H and O–H groups in total. The highest BCUT2D eigenvalue weighted by Gasteiger charge is 2.27. The van der Waals surface area contributed by atoms with E-state index in [1.165, 1.54) is 34.5 Å². The number of carbonyl (C=O) groups excluding carboxylic acids is 1. The average molecular weight is 452 g/mol. The summed E-state index contributed by atoms with van der Waals surface area (Å²) in [6.45, 7) is 0.679. The largest absolute Gasteiger partial charge is 0.488 e. The number of nitrogen functional groups attached to an aromatic ring is 1. The van der Waals surface area contributed by atoms with Gasteiger partial charge in [0.05, 0.1) is 42.0 Å². The summed E-state index contributed by atoms with van der Waals surface area (Å²) in [5, 5.41) is 11.0. The summed E-state index contributed by atoms with van der Waals surface area (Å²) in [7, 11) is 0. The third kappa shape index (κ3) is 3.26. The number of nitrogens with one attached hydrogen (secondary N) is 1. The van der Waals surface area contributed by atoms with Gasteiger partial charge in [0.2, 0.25) is 0 Å². The van der Waals surface area contributed by atoms with Gasteiger partial charge in [-0.05, 0) is 22.0 Å². The van der Waals surface area contributed by atoms with E-state index in [0.29, 0.717) is 45.6 Å². The highest BCUT2D eigenvalue weighted by atomic mass is 79.9. The number of hydrogen-bond acceptors (Lipinski definition) is 7. The lowest BCUT2D eigenvalue weighted by atomic mass is 10.3. The van der Waals surface area contributed by atoms with Crippen LogP contribution < -0.4 is 20.7 Å². The molecular weight excluding hydrogens is 440 g/mol. The topological polar surface area (TPSA) is 124 Å². The molecule has 27 heavy (non-hydrogen) atoms. The van der Waals surface area contributed by atoms with Crippen LogP contribution in [-0.2, 0) is 0 Å². The molecule has 0 radical (unpaired) electrons. The SMILES string of the molecule is Nc1ncc2c(c1Br)OCCN2C(=O)Nc1cnc(-n2nccn2)c(Cl)c1. The molecule has 3 aromatic rings. The first kappa shape index (κ1) is 17.5. The van der Waals surface area contributed by atoms with Crippen molar-refractivity contribution in [1.82, 2.24) is 25.0 Å². The van der Waals surface area contributed by atoms with Gasteiger partial charge in [0.25, 0.3) is 0 Å². The Balaban J connectivity index is 1.57. The number of fused-ring (bicyclic) bond motifs is 1. The number of aromatic nitrogens is 5. The molecule has 0 atom stereocenters. The van der Waals surface area contributed by atoms with Gasteiger partial charge < -0.3 is 15.8 Å². The van der Waals surface area contributed by atoms with Crippen LogP contribution in [0.3, 0.4) is 0 Å². The van der Waals surface area contributed by atoms with Crippen molar-refractivity contribution in [3.63, 3.8) is 0 Å². The van der Waals surface area contributed by atoms with Crippen LogP contribution in [0.4, 0.5) is 22.0 Å². The summed E-state index contributed by atoms with van der Waals surface area (Å²) >= 11 is 9.56. The van der Waals surface area contributed by atoms with Crippen LogP contribution >= 0.6 is 27.5 Å². The summed E-state index contributed by atoms with van der Waals surface area (Å²) in [5.41, 5.74) is 6.71. The monoisotopic (exact) mass is 450 g/mol. The fourth-order valence-electron chi connectivity index (χ4n) is 2.54. The predicted octanol–water partition coefficient (Wildman–Crippen LogP) is 2.49. The minimum absolute atomic E-state index is 0.287. The Morgan fingerprint density at radius 1 is 1.30 bits per heavy atom. The number of rotatable bonds is 2. The zero-order valence-corrected chi connectivity index (χ0v) is 16.0. The predicted molar refractivity (Wildman–Crippen MR) is 102 cm³/mol. The first-order valence-electron chi connectivity index (χ1n) is 7.72. The average Bonchev–Trinajstić information content (AvgIpc) is 3.19. The van der Waals surface area contributed by atoms with E-state index in [1.54, 1.807) is 6.07 Å². The van der Waals surface area contributed by atoms with Crippen molar-refractivity contribution in [1.29, 1.82) is 0 Å². The molecule has 0 saturated heterocycles. The molecule has 0 aliphatic carbocycles. The van der Waals surface area contributed by atoms with Crippen LogP contribution in [0.15, 0.2) is 35.3 Å². The maximum absolute atomic E-state index is 12.7. The van der Waals surface area contributed by atoms with E-state index in [9.17, 15) is 4.79 Å². The van der Waals surface area contributed by atoms with Gasteiger partial charge in [-0.25, -0.2) is 14.8 Å². The first-order chi connectivity index (χ1) is 13.0. The summed E-state index contributed by atoms with van der Waals surface area (Å²) < 4.78 is 6.12. The lowest BCUT2D eigenvalue weighted by Crippen LogP contribution is -2.41. The minimum Gasteiger partial charge on any atom is -0.488 e. The molecule has 0 spiro atoms. The number of pyridine rings is 2. The molecule has 3 aromatic heterocycles. The van der Waals surface area contributed by atoms with Gasteiger partial charge in [-0.15, -0.1) is 4.80 Å². The number of nitrogens with two attached hydrogens (primary N) is 1. The highest BCUT2D eigenvalue weighted by Crippen LogP contribution is 2.40. The number of hydrogen-bond donors (Lipinski definition) is 2. The van der Waals surface area contributed by atoms with Crippen molar-refractivity contribution >= 4 is 50.8 Å². The fourth-order valence-corrected chi connectivity index (χ4v) is 3.20. The van der Waals surface area contributed by atoms with Crippen molar-refractivity contribution in [2.24, 2.45) is 0 Å². The molecule has 4 rings (SSSR count). The lowest BCUT2D eigenvalue weighted by Gasteiger charge is -2.30. The van der Waals surface area contributed by atoms with Gasteiger partial charge >= 0.3 is 6.03 Å². The van der Waals surface area contributed by atoms with Gasteiger partial charge in [-0.1, -0.05) is 11.6 Å². The Bertz CT molecular complexity index is 1010. The van der Waals surface area contributed by atoms with Crippen molar-refractivity contribution in [2.45, 2.75) is 0 Å². The van der Waals surface area contributed by atoms with E-state index in [2.05, 4.69) is 41.4 Å². The number of nitrogens with zero attached hydrogens (tertiary/aromatic N) is 6. The Morgan fingerprint density at radius 3 is 2.81 bits per heavy atom. The Labute approximate surface area is 166 Å². The van der Waals surface area contributed by atoms with Gasteiger partial charge in [0, 0.05) is 0 Å². The van der Waals surface area contributed by atoms with Crippen molar-refractivity contribution in [3.05, 3.63) is 40.3 Å². The number of anilines is 3. The van der Waals surface area contributed by atoms with Crippen LogP contribution in [0, 0.1) is 0 Å². The van der Waals surface area contributed by atoms with Crippen LogP contribution in [-0.4, -0.2) is 44.1 Å². The normalized spacial score (nSPS) is 13.0. The lowest BCUT2D eigenvalue weighted by molar-refractivity contribution is 0.250. The summed E-state index contributed by atoms with van der Waals surface area (Å²) in [6, 6.07) is 1.20. The molecule has 10 nitrogen and oxygen atoms in total. The molecule has 12 heteroatoms. The van der Waals surface area contributed by atoms with Crippen LogP contribution in [0.5, 0.6) is 5.75 Å². The number of urea groups is 1. The van der Waals surface area contributed by atoms with Gasteiger partial charge in [0.1, 0.15) is 22.6 Å². The molecule has 0 aromatic carbocycles. The zero-order valence-electron chi connectivity index (χ0n) is 13.6. The Morgan fingerprint density at radius 2 is 2.07 bits per heavy atom. The summed E-state index contributed by atoms with van der Waals surface area (Å²) in [6.07, 6.45) is 6.00. The van der Waals surface area contributed by atoms with Gasteiger partial charge in [-0.3, -0.25) is 4.90 Å². The standard InChI is InChI=1S/C15H12BrClN8O2/c16-11-12-10(7-19-13(11)18)24(3-4-27-12)15(26)23-8-5-9(17)14(20-6-8)25-21-1-2-22-25/h1-2,5-7H,3-4H2,(H2,18,19)(H,23,26). The van der Waals surface area contributed by atoms with Crippen LogP contribution in [0.1, 0.15) is 0 Å². The van der Waals surface area contributed by atoms with E-state index in [0.717, 1.165) is 0 Å². The van der Waals surface area contributed by atoms with Crippen LogP contribution in [0.25, 0.3) is 5.82 Å². The van der Waals surface area contributed by atoms with E-state index >= 15 is 0 Å². The molecular formula is C15H12BrClN8O2. The fraction of sp³-hybridized carbons (Fsp3) is 0.133. The number of carbonyl (C=O) groups is 1. The quantitative estimate of drug-likeness (QED) is 0.613. The number of halogens is 2. The summed E-state index contributed by atoms with van der Waals surface area (Å²) in [5.74, 6) is 1.12. The molecule has 4 heterocycles. The van der Waals surface area contributed by atoms with E-state index in [1.807, 2.05) is 0 Å². The second-order valence-electron chi connectivity index (χ2n) is 5.45. The van der Waals surface area contributed by atoms with E-state index < -0.39 is 0 Å². The van der Waals surface area contributed by atoms with E-state index in [-0.39, 0.29) is 11.8 Å². The summed E-state index contributed by atoms with van der Waals surface area (Å²) in [4.78, 5) is 23.8. The minimum atomic E-state index is -0.374. The zero-order chi connectivity index (χ0) is 19.0. The smallest absolute Gasteiger partial charge is 0.326 e. The van der Waals surface area contributed by atoms with Gasteiger partial charge in [0.15, 0.2) is 11.6 Å². The molecule has 0 fully saturated rings. The van der Waals surface area contributed by atoms with Crippen molar-refractivity contribution in [3.8, 4) is 11.6 Å². The highest BCUT2D eigenvalue weighted by molar-refractivity contribution is 9.10. The molecule has 1 aliphatic heterocycles. The Kier molecular flexibility index (Phi) is 4.54. The van der Waals surface area contributed by atoms with E-state index in [4.69, 9.17) is 22.1 Å². The molecule has 0 bridgehead atoms. The second-order valence-corrected chi connectivity index (χ2v) is 6.65. The molecule has 2 amide bonds. The number of amides is 2. The second kappa shape index (κ2) is 7.00. The molecule has 1 aliphatic rings. The number of ether oxygens (including phenoxy) is 1. The Hall–Kier alpha value is -2.92. The van der Waals surface area contributed by atoms with Crippen molar-refractivity contribution < 1.29 is 9.53 Å². The third-order valence-electron chi connectivity index (χ3n) is 3.76. The van der Waals surface area contributed by atoms with Crippen molar-refractivity contribution in [2.75, 3.05) is 29.1 Å². The third-order valence-corrected chi connectivity index (χ3v) is 4.81. The molecule has 0 saturated carbocycles.